The van der Waals surface area contributed by atoms with Crippen molar-refractivity contribution < 1.29 is 5.11 Å². The first-order valence-electron chi connectivity index (χ1n) is 15.1. The predicted octanol–water partition coefficient (Wildman–Crippen LogP) is 3.56. The SMILES string of the molecule is C=CCn1c(=O)c2cnc(Nc3ccc4c(c3)CN(C3CCNCC3)CC4)nc2n1-c1ccc2c(n1)[C@@](O)(CC)CC2. The van der Waals surface area contributed by atoms with E-state index in [1.54, 1.807) is 21.6 Å². The average Bonchev–Trinajstić information content (AvgIpc) is 3.50. The number of hydrogen-bond acceptors (Lipinski definition) is 8. The monoisotopic (exact) mass is 566 g/mol. The lowest BCUT2D eigenvalue weighted by Crippen LogP contribution is -2.45. The molecule has 5 heterocycles. The molecule has 3 aliphatic rings. The predicted molar refractivity (Wildman–Crippen MR) is 163 cm³/mol. The number of hydrogen-bond donors (Lipinski definition) is 3. The summed E-state index contributed by atoms with van der Waals surface area (Å²) in [4.78, 5) is 30.3. The van der Waals surface area contributed by atoms with E-state index in [2.05, 4.69) is 45.3 Å². The summed E-state index contributed by atoms with van der Waals surface area (Å²) in [6.07, 6.45) is 8.73. The number of anilines is 2. The quantitative estimate of drug-likeness (QED) is 0.291. The van der Waals surface area contributed by atoms with E-state index in [4.69, 9.17) is 9.97 Å². The van der Waals surface area contributed by atoms with Gasteiger partial charge in [0.25, 0.3) is 5.56 Å². The average molecular weight is 567 g/mol. The molecule has 2 aliphatic heterocycles. The maximum Gasteiger partial charge on any atom is 0.278 e. The summed E-state index contributed by atoms with van der Waals surface area (Å²) in [6, 6.07) is 11.0. The van der Waals surface area contributed by atoms with Gasteiger partial charge in [0.15, 0.2) is 11.5 Å². The number of fused-ring (bicyclic) bond motifs is 3. The van der Waals surface area contributed by atoms with Gasteiger partial charge in [0.2, 0.25) is 5.95 Å². The summed E-state index contributed by atoms with van der Waals surface area (Å²) in [7, 11) is 0. The van der Waals surface area contributed by atoms with Gasteiger partial charge < -0.3 is 15.7 Å². The number of allylic oxidation sites excluding steroid dienone is 1. The Morgan fingerprint density at radius 1 is 1.14 bits per heavy atom. The van der Waals surface area contributed by atoms with E-state index in [0.29, 0.717) is 47.4 Å². The van der Waals surface area contributed by atoms with Crippen LogP contribution in [0.25, 0.3) is 16.9 Å². The maximum atomic E-state index is 13.4. The fourth-order valence-electron chi connectivity index (χ4n) is 6.88. The molecule has 0 spiro atoms. The molecule has 0 unspecified atom stereocenters. The van der Waals surface area contributed by atoms with E-state index in [1.165, 1.54) is 24.0 Å². The Hall–Kier alpha value is -3.86. The number of nitrogens with one attached hydrogen (secondary N) is 2. The zero-order valence-electron chi connectivity index (χ0n) is 24.1. The Balaban J connectivity index is 1.24. The van der Waals surface area contributed by atoms with Gasteiger partial charge in [-0.2, -0.15) is 4.98 Å². The molecule has 0 bridgehead atoms. The van der Waals surface area contributed by atoms with Crippen molar-refractivity contribution in [1.82, 2.24) is 34.5 Å². The van der Waals surface area contributed by atoms with E-state index in [1.807, 2.05) is 19.1 Å². The molecule has 218 valence electrons. The Kier molecular flexibility index (Phi) is 6.92. The number of aryl methyl sites for hydroxylation is 1. The summed E-state index contributed by atoms with van der Waals surface area (Å²) >= 11 is 0. The van der Waals surface area contributed by atoms with Gasteiger partial charge >= 0.3 is 0 Å². The van der Waals surface area contributed by atoms with Crippen LogP contribution >= 0.6 is 0 Å². The molecule has 1 atom stereocenters. The topological polar surface area (TPSA) is 113 Å². The van der Waals surface area contributed by atoms with Crippen LogP contribution in [0.5, 0.6) is 0 Å². The van der Waals surface area contributed by atoms with Crippen LogP contribution in [0.1, 0.15) is 55.0 Å². The second-order valence-corrected chi connectivity index (χ2v) is 11.8. The van der Waals surface area contributed by atoms with Crippen molar-refractivity contribution in [1.29, 1.82) is 0 Å². The normalized spacial score (nSPS) is 20.9. The number of piperidine rings is 1. The molecule has 1 saturated heterocycles. The van der Waals surface area contributed by atoms with Crippen LogP contribution in [0, 0.1) is 0 Å². The van der Waals surface area contributed by atoms with Gasteiger partial charge in [-0.25, -0.2) is 19.3 Å². The van der Waals surface area contributed by atoms with Crippen molar-refractivity contribution in [3.05, 3.63) is 81.9 Å². The van der Waals surface area contributed by atoms with E-state index >= 15 is 0 Å². The molecule has 42 heavy (non-hydrogen) atoms. The third kappa shape index (κ3) is 4.63. The largest absolute Gasteiger partial charge is 0.384 e. The third-order valence-electron chi connectivity index (χ3n) is 9.32. The molecule has 10 heteroatoms. The first kappa shape index (κ1) is 27.0. The zero-order valence-corrected chi connectivity index (χ0v) is 24.1. The molecule has 1 aliphatic carbocycles. The second-order valence-electron chi connectivity index (χ2n) is 11.8. The minimum atomic E-state index is -0.963. The number of rotatable bonds is 7. The van der Waals surface area contributed by atoms with E-state index in [0.717, 1.165) is 50.3 Å². The van der Waals surface area contributed by atoms with E-state index < -0.39 is 5.60 Å². The van der Waals surface area contributed by atoms with E-state index in [9.17, 15) is 9.90 Å². The molecule has 3 aromatic heterocycles. The lowest BCUT2D eigenvalue weighted by atomic mass is 9.95. The number of aliphatic hydroxyl groups is 1. The van der Waals surface area contributed by atoms with Crippen LogP contribution in [-0.2, 0) is 31.5 Å². The van der Waals surface area contributed by atoms with Crippen LogP contribution in [0.4, 0.5) is 11.6 Å². The molecule has 3 N–H and O–H groups in total. The second kappa shape index (κ2) is 10.8. The minimum absolute atomic E-state index is 0.212. The molecule has 10 nitrogen and oxygen atoms in total. The smallest absolute Gasteiger partial charge is 0.278 e. The molecule has 7 rings (SSSR count). The van der Waals surface area contributed by atoms with Crippen LogP contribution in [0.2, 0.25) is 0 Å². The summed E-state index contributed by atoms with van der Waals surface area (Å²) in [5.74, 6) is 0.942. The highest BCUT2D eigenvalue weighted by Crippen LogP contribution is 2.38. The van der Waals surface area contributed by atoms with Crippen molar-refractivity contribution in [3.63, 3.8) is 0 Å². The highest BCUT2D eigenvalue weighted by atomic mass is 16.3. The summed E-state index contributed by atoms with van der Waals surface area (Å²) in [5, 5.41) is 18.5. The van der Waals surface area contributed by atoms with Gasteiger partial charge in [0, 0.05) is 31.0 Å². The number of benzene rings is 1. The minimum Gasteiger partial charge on any atom is -0.384 e. The molecule has 0 amide bonds. The van der Waals surface area contributed by atoms with Crippen LogP contribution in [0.15, 0.2) is 54.0 Å². The summed E-state index contributed by atoms with van der Waals surface area (Å²) in [6.45, 7) is 10.4. The van der Waals surface area contributed by atoms with E-state index in [-0.39, 0.29) is 12.1 Å². The van der Waals surface area contributed by atoms with Crippen LogP contribution in [0.3, 0.4) is 0 Å². The van der Waals surface area contributed by atoms with Crippen molar-refractivity contribution in [2.45, 2.75) is 70.2 Å². The first-order valence-corrected chi connectivity index (χ1v) is 15.1. The van der Waals surface area contributed by atoms with Crippen molar-refractivity contribution >= 4 is 22.7 Å². The Bertz CT molecular complexity index is 1720. The summed E-state index contributed by atoms with van der Waals surface area (Å²) < 4.78 is 3.30. The summed E-state index contributed by atoms with van der Waals surface area (Å²) in [5.41, 5.74) is 4.66. The lowest BCUT2D eigenvalue weighted by Gasteiger charge is -2.38. The van der Waals surface area contributed by atoms with Gasteiger partial charge in [-0.1, -0.05) is 25.1 Å². The Morgan fingerprint density at radius 2 is 1.98 bits per heavy atom. The molecule has 1 fully saturated rings. The van der Waals surface area contributed by atoms with Crippen molar-refractivity contribution in [2.24, 2.45) is 0 Å². The molecular formula is C32H38N8O2. The highest BCUT2D eigenvalue weighted by Gasteiger charge is 2.37. The lowest BCUT2D eigenvalue weighted by molar-refractivity contribution is 0.0306. The van der Waals surface area contributed by atoms with Gasteiger partial charge in [-0.3, -0.25) is 9.69 Å². The number of pyridine rings is 1. The molecular weight excluding hydrogens is 528 g/mol. The van der Waals surface area contributed by atoms with Crippen molar-refractivity contribution in [2.75, 3.05) is 25.0 Å². The van der Waals surface area contributed by atoms with Gasteiger partial charge in [0.05, 0.1) is 12.2 Å². The molecule has 0 radical (unpaired) electrons. The first-order chi connectivity index (χ1) is 20.5. The Morgan fingerprint density at radius 3 is 2.79 bits per heavy atom. The fourth-order valence-corrected chi connectivity index (χ4v) is 6.88. The fraction of sp³-hybridized carbons (Fsp3) is 0.438. The highest BCUT2D eigenvalue weighted by molar-refractivity contribution is 5.77. The number of aromatic nitrogens is 5. The Labute approximate surface area is 245 Å². The zero-order chi connectivity index (χ0) is 28.8. The van der Waals surface area contributed by atoms with Gasteiger partial charge in [-0.05, 0) is 86.5 Å². The number of nitrogens with zero attached hydrogens (tertiary/aromatic N) is 6. The molecule has 4 aromatic rings. The van der Waals surface area contributed by atoms with Crippen molar-refractivity contribution in [3.8, 4) is 5.82 Å². The molecule has 1 aromatic carbocycles. The standard InChI is InChI=1S/C32H38N8O2/c1-3-16-39-30(41)26-19-34-31(37-29(26)40(39)27-8-6-22-9-13-32(42,4-2)28(22)36-27)35-24-7-5-21-12-17-38(20-23(21)18-24)25-10-14-33-15-11-25/h3,5-8,18-19,25,33,42H,1,4,9-17,20H2,2H3,(H,34,35,37)/t32-/m1/s1. The maximum absolute atomic E-state index is 13.4. The van der Waals surface area contributed by atoms with Crippen LogP contribution < -0.4 is 16.2 Å². The molecule has 0 saturated carbocycles. The third-order valence-corrected chi connectivity index (χ3v) is 9.32. The van der Waals surface area contributed by atoms with Gasteiger partial charge in [-0.15, -0.1) is 6.58 Å². The van der Waals surface area contributed by atoms with Crippen LogP contribution in [-0.4, -0.2) is 60.0 Å². The van der Waals surface area contributed by atoms with Gasteiger partial charge in [0.1, 0.15) is 11.0 Å².